The van der Waals surface area contributed by atoms with Crippen molar-refractivity contribution < 1.29 is 4.79 Å². The highest BCUT2D eigenvalue weighted by molar-refractivity contribution is 5.91. The van der Waals surface area contributed by atoms with E-state index in [1.165, 1.54) is 10.9 Å². The van der Waals surface area contributed by atoms with Crippen molar-refractivity contribution in [2.75, 3.05) is 5.32 Å². The van der Waals surface area contributed by atoms with Gasteiger partial charge in [0.1, 0.15) is 18.5 Å². The summed E-state index contributed by atoms with van der Waals surface area (Å²) < 4.78 is 1.32. The van der Waals surface area contributed by atoms with Gasteiger partial charge < -0.3 is 10.3 Å². The Bertz CT molecular complexity index is 953. The minimum atomic E-state index is -0.255. The van der Waals surface area contributed by atoms with Gasteiger partial charge in [-0.1, -0.05) is 12.1 Å². The summed E-state index contributed by atoms with van der Waals surface area (Å²) in [6.07, 6.45) is 1.39. The van der Waals surface area contributed by atoms with Gasteiger partial charge in [0.05, 0.1) is 5.39 Å². The van der Waals surface area contributed by atoms with Crippen molar-refractivity contribution in [3.63, 3.8) is 0 Å². The SMILES string of the molecule is Cc1ccc(C)c(NC(=O)Cn2cnc3[nH]c(C)cc3c2=O)c1. The first-order valence-corrected chi connectivity index (χ1v) is 7.36. The number of aromatic nitrogens is 3. The second-order valence-corrected chi connectivity index (χ2v) is 5.76. The maximum absolute atomic E-state index is 12.4. The molecule has 0 saturated carbocycles. The number of nitrogens with one attached hydrogen (secondary N) is 2. The van der Waals surface area contributed by atoms with Gasteiger partial charge in [-0.15, -0.1) is 0 Å². The van der Waals surface area contributed by atoms with Gasteiger partial charge >= 0.3 is 0 Å². The van der Waals surface area contributed by atoms with Crippen LogP contribution in [0.25, 0.3) is 11.0 Å². The lowest BCUT2D eigenvalue weighted by Crippen LogP contribution is -2.27. The summed E-state index contributed by atoms with van der Waals surface area (Å²) in [5.41, 5.74) is 3.98. The Kier molecular flexibility index (Phi) is 3.73. The van der Waals surface area contributed by atoms with Crippen molar-refractivity contribution in [1.29, 1.82) is 0 Å². The Hall–Kier alpha value is -2.89. The molecule has 1 aromatic carbocycles. The number of H-pyrrole nitrogens is 1. The first kappa shape index (κ1) is 15.0. The number of aromatic amines is 1. The third-order valence-corrected chi connectivity index (χ3v) is 3.73. The van der Waals surface area contributed by atoms with Crippen molar-refractivity contribution in [1.82, 2.24) is 14.5 Å². The number of rotatable bonds is 3. The summed E-state index contributed by atoms with van der Waals surface area (Å²) >= 11 is 0. The molecule has 6 nitrogen and oxygen atoms in total. The highest BCUT2D eigenvalue weighted by Crippen LogP contribution is 2.16. The molecule has 0 bridgehead atoms. The lowest BCUT2D eigenvalue weighted by Gasteiger charge is -2.10. The number of hydrogen-bond acceptors (Lipinski definition) is 3. The van der Waals surface area contributed by atoms with E-state index in [1.807, 2.05) is 39.0 Å². The van der Waals surface area contributed by atoms with Crippen molar-refractivity contribution in [3.05, 3.63) is 57.8 Å². The molecule has 0 aliphatic heterocycles. The Balaban J connectivity index is 1.84. The highest BCUT2D eigenvalue weighted by atomic mass is 16.2. The second-order valence-electron chi connectivity index (χ2n) is 5.76. The molecule has 0 saturated heterocycles. The van der Waals surface area contributed by atoms with Crippen molar-refractivity contribution >= 4 is 22.6 Å². The molecule has 6 heteroatoms. The smallest absolute Gasteiger partial charge is 0.263 e. The van der Waals surface area contributed by atoms with E-state index in [2.05, 4.69) is 15.3 Å². The topological polar surface area (TPSA) is 79.8 Å². The molecule has 2 heterocycles. The largest absolute Gasteiger partial charge is 0.343 e. The standard InChI is InChI=1S/C17H18N4O2/c1-10-4-5-11(2)14(6-10)20-15(22)8-21-9-18-16-13(17(21)23)7-12(3)19-16/h4-7,9,19H,8H2,1-3H3,(H,20,22). The number of benzene rings is 1. The molecule has 0 aliphatic rings. The quantitative estimate of drug-likeness (QED) is 0.779. The predicted molar refractivity (Wildman–Crippen MR) is 89.6 cm³/mol. The minimum absolute atomic E-state index is 0.0701. The van der Waals surface area contributed by atoms with Gasteiger partial charge in [0.15, 0.2) is 0 Å². The number of hydrogen-bond donors (Lipinski definition) is 2. The van der Waals surface area contributed by atoms with E-state index in [1.54, 1.807) is 6.07 Å². The van der Waals surface area contributed by atoms with E-state index in [0.29, 0.717) is 11.0 Å². The van der Waals surface area contributed by atoms with Crippen LogP contribution in [0.1, 0.15) is 16.8 Å². The molecule has 0 fully saturated rings. The Morgan fingerprint density at radius 2 is 2.04 bits per heavy atom. The van der Waals surface area contributed by atoms with Gasteiger partial charge in [-0.05, 0) is 44.0 Å². The van der Waals surface area contributed by atoms with Crippen LogP contribution in [0.4, 0.5) is 5.69 Å². The van der Waals surface area contributed by atoms with Gasteiger partial charge in [-0.2, -0.15) is 0 Å². The van der Waals surface area contributed by atoms with Crippen molar-refractivity contribution in [2.45, 2.75) is 27.3 Å². The summed E-state index contributed by atoms with van der Waals surface area (Å²) in [7, 11) is 0. The molecule has 2 N–H and O–H groups in total. The molecule has 0 spiro atoms. The van der Waals surface area contributed by atoms with Gasteiger partial charge in [-0.3, -0.25) is 14.2 Å². The molecular weight excluding hydrogens is 292 g/mol. The molecule has 23 heavy (non-hydrogen) atoms. The number of fused-ring (bicyclic) bond motifs is 1. The average molecular weight is 310 g/mol. The third-order valence-electron chi connectivity index (χ3n) is 3.73. The maximum atomic E-state index is 12.4. The summed E-state index contributed by atoms with van der Waals surface area (Å²) in [6, 6.07) is 7.59. The highest BCUT2D eigenvalue weighted by Gasteiger charge is 2.11. The van der Waals surface area contributed by atoms with Gasteiger partial charge in [0.2, 0.25) is 5.91 Å². The first-order valence-electron chi connectivity index (χ1n) is 7.36. The third kappa shape index (κ3) is 3.01. The molecule has 3 aromatic rings. The van der Waals surface area contributed by atoms with Crippen LogP contribution in [0.3, 0.4) is 0 Å². The van der Waals surface area contributed by atoms with Crippen LogP contribution in [-0.2, 0) is 11.3 Å². The van der Waals surface area contributed by atoms with Crippen molar-refractivity contribution in [2.24, 2.45) is 0 Å². The monoisotopic (exact) mass is 310 g/mol. The zero-order valence-corrected chi connectivity index (χ0v) is 13.3. The number of carbonyl (C=O) groups is 1. The Labute approximate surface area is 133 Å². The van der Waals surface area contributed by atoms with Crippen LogP contribution in [0, 0.1) is 20.8 Å². The molecule has 0 aliphatic carbocycles. The van der Waals surface area contributed by atoms with E-state index >= 15 is 0 Å². The van der Waals surface area contributed by atoms with Gasteiger partial charge in [-0.25, -0.2) is 4.98 Å². The number of carbonyl (C=O) groups excluding carboxylic acids is 1. The fourth-order valence-corrected chi connectivity index (χ4v) is 2.50. The Morgan fingerprint density at radius 3 is 2.83 bits per heavy atom. The number of anilines is 1. The molecule has 0 unspecified atom stereocenters. The molecule has 0 atom stereocenters. The van der Waals surface area contributed by atoms with E-state index in [9.17, 15) is 9.59 Å². The Morgan fingerprint density at radius 1 is 1.26 bits per heavy atom. The van der Waals surface area contributed by atoms with Crippen LogP contribution in [0.5, 0.6) is 0 Å². The summed E-state index contributed by atoms with van der Waals surface area (Å²) in [6.45, 7) is 5.68. The van der Waals surface area contributed by atoms with Crippen LogP contribution in [-0.4, -0.2) is 20.4 Å². The lowest BCUT2D eigenvalue weighted by atomic mass is 10.1. The molecule has 0 radical (unpaired) electrons. The van der Waals surface area contributed by atoms with Gasteiger partial charge in [0, 0.05) is 11.4 Å². The maximum Gasteiger partial charge on any atom is 0.263 e. The summed E-state index contributed by atoms with van der Waals surface area (Å²) in [4.78, 5) is 31.8. The second kappa shape index (κ2) is 5.72. The van der Waals surface area contributed by atoms with Gasteiger partial charge in [0.25, 0.3) is 5.56 Å². The molecule has 118 valence electrons. The van der Waals surface area contributed by atoms with E-state index in [-0.39, 0.29) is 18.0 Å². The number of nitrogens with zero attached hydrogens (tertiary/aromatic N) is 2. The molecule has 2 aromatic heterocycles. The lowest BCUT2D eigenvalue weighted by molar-refractivity contribution is -0.116. The van der Waals surface area contributed by atoms with Crippen molar-refractivity contribution in [3.8, 4) is 0 Å². The van der Waals surface area contributed by atoms with Crippen LogP contribution in [0.15, 0.2) is 35.4 Å². The number of aryl methyl sites for hydroxylation is 3. The zero-order chi connectivity index (χ0) is 16.6. The number of amides is 1. The zero-order valence-electron chi connectivity index (χ0n) is 13.3. The average Bonchev–Trinajstić information content (AvgIpc) is 2.87. The first-order chi connectivity index (χ1) is 10.9. The fourth-order valence-electron chi connectivity index (χ4n) is 2.50. The predicted octanol–water partition coefficient (Wildman–Crippen LogP) is 2.29. The molecular formula is C17H18N4O2. The van der Waals surface area contributed by atoms with Crippen LogP contribution >= 0.6 is 0 Å². The summed E-state index contributed by atoms with van der Waals surface area (Å²) in [5.74, 6) is -0.255. The van der Waals surface area contributed by atoms with Crippen LogP contribution in [0.2, 0.25) is 0 Å². The van der Waals surface area contributed by atoms with E-state index in [4.69, 9.17) is 0 Å². The molecule has 3 rings (SSSR count). The van der Waals surface area contributed by atoms with Crippen LogP contribution < -0.4 is 10.9 Å². The molecule has 1 amide bonds. The normalized spacial score (nSPS) is 10.9. The summed E-state index contributed by atoms with van der Waals surface area (Å²) in [5, 5.41) is 3.34. The van der Waals surface area contributed by atoms with E-state index < -0.39 is 0 Å². The van der Waals surface area contributed by atoms with E-state index in [0.717, 1.165) is 22.5 Å². The minimum Gasteiger partial charge on any atom is -0.343 e. The fraction of sp³-hybridized carbons (Fsp3) is 0.235.